The van der Waals surface area contributed by atoms with Gasteiger partial charge in [-0.15, -0.1) is 0 Å². The van der Waals surface area contributed by atoms with Crippen LogP contribution in [0.2, 0.25) is 0 Å². The lowest BCUT2D eigenvalue weighted by molar-refractivity contribution is -0.129. The fraction of sp³-hybridized carbons (Fsp3) is 0.588. The van der Waals surface area contributed by atoms with Crippen molar-refractivity contribution in [1.29, 1.82) is 0 Å². The Bertz CT molecular complexity index is 676. The Morgan fingerprint density at radius 3 is 2.36 bits per heavy atom. The molecule has 1 rings (SSSR count). The molecule has 1 aromatic carbocycles. The van der Waals surface area contributed by atoms with Gasteiger partial charge < -0.3 is 14.4 Å². The maximum Gasteiger partial charge on any atom is 0.232 e. The molecular weight excluding hydrogens is 344 g/mol. The highest BCUT2D eigenvalue weighted by molar-refractivity contribution is 7.92. The highest BCUT2D eigenvalue weighted by atomic mass is 32.2. The number of nitrogens with zero attached hydrogens (tertiary/aromatic N) is 2. The van der Waals surface area contributed by atoms with E-state index in [1.54, 1.807) is 30.1 Å². The third kappa shape index (κ3) is 6.12. The first-order valence-electron chi connectivity index (χ1n) is 8.18. The Hall–Kier alpha value is -1.96. The standard InChI is InChI=1S/C17H28N2O5S/c1-6-7-11-18(2)17(20)10-12-19(25(5,21)22)15-13-14(23-3)8-9-16(15)24-4/h8-9,13H,6-7,10-12H2,1-5H3. The summed E-state index contributed by atoms with van der Waals surface area (Å²) in [6.07, 6.45) is 3.11. The topological polar surface area (TPSA) is 76.2 Å². The largest absolute Gasteiger partial charge is 0.497 e. The van der Waals surface area contributed by atoms with Crippen LogP contribution >= 0.6 is 0 Å². The van der Waals surface area contributed by atoms with E-state index < -0.39 is 10.0 Å². The lowest BCUT2D eigenvalue weighted by Gasteiger charge is -2.25. The summed E-state index contributed by atoms with van der Waals surface area (Å²) in [6, 6.07) is 4.92. The molecule has 0 aromatic heterocycles. The number of sulfonamides is 1. The molecule has 142 valence electrons. The predicted molar refractivity (Wildman–Crippen MR) is 98.9 cm³/mol. The van der Waals surface area contributed by atoms with Gasteiger partial charge in [0, 0.05) is 32.6 Å². The van der Waals surface area contributed by atoms with Gasteiger partial charge in [-0.05, 0) is 18.6 Å². The second kappa shape index (κ2) is 9.50. The molecule has 25 heavy (non-hydrogen) atoms. The fourth-order valence-electron chi connectivity index (χ4n) is 2.36. The van der Waals surface area contributed by atoms with E-state index in [0.29, 0.717) is 23.7 Å². The van der Waals surface area contributed by atoms with Gasteiger partial charge in [0.1, 0.15) is 11.5 Å². The van der Waals surface area contributed by atoms with Gasteiger partial charge in [0.15, 0.2) is 0 Å². The molecule has 0 atom stereocenters. The monoisotopic (exact) mass is 372 g/mol. The number of methoxy groups -OCH3 is 2. The zero-order valence-electron chi connectivity index (χ0n) is 15.6. The lowest BCUT2D eigenvalue weighted by atomic mass is 10.2. The lowest BCUT2D eigenvalue weighted by Crippen LogP contribution is -2.36. The summed E-state index contributed by atoms with van der Waals surface area (Å²) in [4.78, 5) is 13.9. The SMILES string of the molecule is CCCCN(C)C(=O)CCN(c1cc(OC)ccc1OC)S(C)(=O)=O. The first-order valence-corrected chi connectivity index (χ1v) is 10.0. The molecule has 0 N–H and O–H groups in total. The second-order valence-electron chi connectivity index (χ2n) is 5.79. The van der Waals surface area contributed by atoms with Crippen molar-refractivity contribution in [1.82, 2.24) is 4.90 Å². The van der Waals surface area contributed by atoms with E-state index >= 15 is 0 Å². The highest BCUT2D eigenvalue weighted by Crippen LogP contribution is 2.33. The molecule has 0 aliphatic heterocycles. The van der Waals surface area contributed by atoms with Gasteiger partial charge in [-0.3, -0.25) is 9.10 Å². The van der Waals surface area contributed by atoms with E-state index in [-0.39, 0.29) is 18.9 Å². The molecule has 0 saturated carbocycles. The van der Waals surface area contributed by atoms with Crippen LogP contribution in [0, 0.1) is 0 Å². The second-order valence-corrected chi connectivity index (χ2v) is 7.70. The van der Waals surface area contributed by atoms with Gasteiger partial charge >= 0.3 is 0 Å². The fourth-order valence-corrected chi connectivity index (χ4v) is 3.29. The van der Waals surface area contributed by atoms with Crippen LogP contribution in [0.25, 0.3) is 0 Å². The van der Waals surface area contributed by atoms with Gasteiger partial charge in [0.05, 0.1) is 26.2 Å². The third-order valence-corrected chi connectivity index (χ3v) is 5.04. The Labute approximate surface area is 150 Å². The van der Waals surface area contributed by atoms with Gasteiger partial charge in [0.25, 0.3) is 0 Å². The maximum atomic E-state index is 12.3. The van der Waals surface area contributed by atoms with Gasteiger partial charge in [-0.2, -0.15) is 0 Å². The average molecular weight is 372 g/mol. The molecular formula is C17H28N2O5S. The van der Waals surface area contributed by atoms with Crippen molar-refractivity contribution in [3.05, 3.63) is 18.2 Å². The quantitative estimate of drug-likeness (QED) is 0.629. The molecule has 8 heteroatoms. The minimum atomic E-state index is -3.59. The van der Waals surface area contributed by atoms with Gasteiger partial charge in [-0.1, -0.05) is 13.3 Å². The van der Waals surface area contributed by atoms with E-state index in [4.69, 9.17) is 9.47 Å². The number of amides is 1. The predicted octanol–water partition coefficient (Wildman–Crippen LogP) is 2.12. The van der Waals surface area contributed by atoms with E-state index in [0.717, 1.165) is 19.1 Å². The van der Waals surface area contributed by atoms with Crippen LogP contribution in [0.4, 0.5) is 5.69 Å². The zero-order valence-corrected chi connectivity index (χ0v) is 16.4. The summed E-state index contributed by atoms with van der Waals surface area (Å²) in [7, 11) is 1.11. The van der Waals surface area contributed by atoms with E-state index in [2.05, 4.69) is 6.92 Å². The molecule has 0 spiro atoms. The zero-order chi connectivity index (χ0) is 19.0. The number of unbranched alkanes of at least 4 members (excludes halogenated alkanes) is 1. The van der Waals surface area contributed by atoms with Crippen LogP contribution in [-0.2, 0) is 14.8 Å². The summed E-state index contributed by atoms with van der Waals surface area (Å²) in [6.45, 7) is 2.76. The highest BCUT2D eigenvalue weighted by Gasteiger charge is 2.23. The van der Waals surface area contributed by atoms with Crippen molar-refractivity contribution in [2.45, 2.75) is 26.2 Å². The smallest absolute Gasteiger partial charge is 0.232 e. The number of hydrogen-bond donors (Lipinski definition) is 0. The maximum absolute atomic E-state index is 12.3. The molecule has 7 nitrogen and oxygen atoms in total. The molecule has 0 bridgehead atoms. The third-order valence-electron chi connectivity index (χ3n) is 3.86. The van der Waals surface area contributed by atoms with Crippen molar-refractivity contribution in [2.24, 2.45) is 0 Å². The summed E-state index contributed by atoms with van der Waals surface area (Å²) in [5.41, 5.74) is 0.355. The molecule has 0 radical (unpaired) electrons. The summed E-state index contributed by atoms with van der Waals surface area (Å²) in [5, 5.41) is 0. The van der Waals surface area contributed by atoms with Crippen LogP contribution in [0.1, 0.15) is 26.2 Å². The van der Waals surface area contributed by atoms with Crippen LogP contribution < -0.4 is 13.8 Å². The molecule has 0 saturated heterocycles. The number of rotatable bonds is 10. The minimum Gasteiger partial charge on any atom is -0.497 e. The van der Waals surface area contributed by atoms with Crippen molar-refractivity contribution in [3.63, 3.8) is 0 Å². The van der Waals surface area contributed by atoms with E-state index in [9.17, 15) is 13.2 Å². The molecule has 1 aromatic rings. The number of carbonyl (C=O) groups excluding carboxylic acids is 1. The van der Waals surface area contributed by atoms with Crippen LogP contribution in [0.15, 0.2) is 18.2 Å². The Balaban J connectivity index is 3.02. The van der Waals surface area contributed by atoms with Crippen molar-refractivity contribution in [3.8, 4) is 11.5 Å². The number of ether oxygens (including phenoxy) is 2. The number of benzene rings is 1. The first-order chi connectivity index (χ1) is 11.7. The summed E-state index contributed by atoms with van der Waals surface area (Å²) >= 11 is 0. The molecule has 0 unspecified atom stereocenters. The number of carbonyl (C=O) groups is 1. The molecule has 0 heterocycles. The summed E-state index contributed by atoms with van der Waals surface area (Å²) in [5.74, 6) is 0.817. The van der Waals surface area contributed by atoms with E-state index in [1.165, 1.54) is 18.5 Å². The average Bonchev–Trinajstić information content (AvgIpc) is 2.58. The summed E-state index contributed by atoms with van der Waals surface area (Å²) < 4.78 is 36.1. The Morgan fingerprint density at radius 2 is 1.84 bits per heavy atom. The number of hydrogen-bond acceptors (Lipinski definition) is 5. The van der Waals surface area contributed by atoms with Crippen LogP contribution in [-0.4, -0.2) is 59.8 Å². The van der Waals surface area contributed by atoms with E-state index in [1.807, 2.05) is 0 Å². The minimum absolute atomic E-state index is 0.0393. The van der Waals surface area contributed by atoms with Gasteiger partial charge in [0.2, 0.25) is 15.9 Å². The molecule has 1 amide bonds. The normalized spacial score (nSPS) is 11.1. The molecule has 0 aliphatic rings. The Kier molecular flexibility index (Phi) is 8.02. The van der Waals surface area contributed by atoms with Crippen LogP contribution in [0.3, 0.4) is 0 Å². The number of anilines is 1. The van der Waals surface area contributed by atoms with Crippen molar-refractivity contribution in [2.75, 3.05) is 44.9 Å². The first kappa shape index (κ1) is 21.1. The van der Waals surface area contributed by atoms with Crippen LogP contribution in [0.5, 0.6) is 11.5 Å². The molecule has 0 aliphatic carbocycles. The Morgan fingerprint density at radius 1 is 1.16 bits per heavy atom. The molecule has 0 fully saturated rings. The van der Waals surface area contributed by atoms with Crippen molar-refractivity contribution < 1.29 is 22.7 Å². The van der Waals surface area contributed by atoms with Crippen molar-refractivity contribution >= 4 is 21.6 Å². The van der Waals surface area contributed by atoms with Gasteiger partial charge in [-0.25, -0.2) is 8.42 Å².